The van der Waals surface area contributed by atoms with Crippen molar-refractivity contribution in [3.05, 3.63) is 54.4 Å². The number of methoxy groups -OCH3 is 1. The molecule has 0 spiro atoms. The third-order valence-corrected chi connectivity index (χ3v) is 3.19. The van der Waals surface area contributed by atoms with Crippen molar-refractivity contribution in [3.8, 4) is 5.75 Å². The summed E-state index contributed by atoms with van der Waals surface area (Å²) < 4.78 is 7.00. The number of anilines is 1. The summed E-state index contributed by atoms with van der Waals surface area (Å²) in [4.78, 5) is 6.67. The number of hydrogen-bond donors (Lipinski definition) is 0. The van der Waals surface area contributed by atoms with Crippen LogP contribution < -0.4 is 9.64 Å². The fourth-order valence-corrected chi connectivity index (χ4v) is 2.14. The van der Waals surface area contributed by atoms with E-state index >= 15 is 0 Å². The fourth-order valence-electron chi connectivity index (χ4n) is 2.14. The second kappa shape index (κ2) is 5.21. The Kier molecular flexibility index (Phi) is 3.25. The van der Waals surface area contributed by atoms with Crippen molar-refractivity contribution in [1.82, 2.24) is 14.6 Å². The molecule has 102 valence electrons. The monoisotopic (exact) mass is 268 g/mol. The lowest BCUT2D eigenvalue weighted by Gasteiger charge is -2.18. The molecule has 20 heavy (non-hydrogen) atoms. The highest BCUT2D eigenvalue weighted by Gasteiger charge is 2.06. The van der Waals surface area contributed by atoms with Crippen molar-refractivity contribution in [2.75, 3.05) is 19.1 Å². The van der Waals surface area contributed by atoms with E-state index in [1.807, 2.05) is 43.6 Å². The molecule has 0 saturated carbocycles. The van der Waals surface area contributed by atoms with Crippen LogP contribution in [0.25, 0.3) is 5.65 Å². The summed E-state index contributed by atoms with van der Waals surface area (Å²) >= 11 is 0. The van der Waals surface area contributed by atoms with Crippen LogP contribution in [0.3, 0.4) is 0 Å². The average molecular weight is 268 g/mol. The highest BCUT2D eigenvalue weighted by molar-refractivity contribution is 5.47. The maximum absolute atomic E-state index is 5.24. The van der Waals surface area contributed by atoms with Gasteiger partial charge in [0.25, 0.3) is 0 Å². The van der Waals surface area contributed by atoms with Gasteiger partial charge < -0.3 is 9.64 Å². The lowest BCUT2D eigenvalue weighted by atomic mass is 10.2. The molecule has 2 aromatic heterocycles. The first-order valence-electron chi connectivity index (χ1n) is 6.41. The van der Waals surface area contributed by atoms with Crippen molar-refractivity contribution >= 4 is 11.5 Å². The third kappa shape index (κ3) is 2.42. The van der Waals surface area contributed by atoms with E-state index in [1.54, 1.807) is 17.8 Å². The summed E-state index contributed by atoms with van der Waals surface area (Å²) in [5, 5.41) is 4.14. The summed E-state index contributed by atoms with van der Waals surface area (Å²) in [6.07, 6.45) is 3.66. The molecule has 0 saturated heterocycles. The molecular formula is C15H16N4O. The van der Waals surface area contributed by atoms with E-state index in [0.717, 1.165) is 23.8 Å². The molecule has 0 unspecified atom stereocenters. The number of ether oxygens (including phenoxy) is 1. The van der Waals surface area contributed by atoms with E-state index in [9.17, 15) is 0 Å². The average Bonchev–Trinajstić information content (AvgIpc) is 2.94. The first-order valence-corrected chi connectivity index (χ1v) is 6.41. The fraction of sp³-hybridized carbons (Fsp3) is 0.200. The van der Waals surface area contributed by atoms with E-state index in [4.69, 9.17) is 4.74 Å². The van der Waals surface area contributed by atoms with Gasteiger partial charge >= 0.3 is 0 Å². The lowest BCUT2D eigenvalue weighted by molar-refractivity contribution is 0.414. The van der Waals surface area contributed by atoms with Crippen molar-refractivity contribution in [1.29, 1.82) is 0 Å². The van der Waals surface area contributed by atoms with Gasteiger partial charge in [-0.3, -0.25) is 0 Å². The third-order valence-electron chi connectivity index (χ3n) is 3.19. The number of aromatic nitrogens is 3. The van der Waals surface area contributed by atoms with E-state index in [-0.39, 0.29) is 0 Å². The summed E-state index contributed by atoms with van der Waals surface area (Å²) in [5.74, 6) is 1.79. The Balaban J connectivity index is 1.82. The molecule has 2 heterocycles. The SMILES string of the molecule is COc1cccc(CN(C)c2ccn3nccc3n2)c1. The van der Waals surface area contributed by atoms with Crippen LogP contribution in [0, 0.1) is 0 Å². The normalized spacial score (nSPS) is 10.7. The Labute approximate surface area is 117 Å². The molecule has 0 N–H and O–H groups in total. The van der Waals surface area contributed by atoms with Crippen molar-refractivity contribution in [3.63, 3.8) is 0 Å². The number of benzene rings is 1. The van der Waals surface area contributed by atoms with Crippen LogP contribution in [-0.4, -0.2) is 28.8 Å². The summed E-state index contributed by atoms with van der Waals surface area (Å²) in [6.45, 7) is 0.772. The van der Waals surface area contributed by atoms with Gasteiger partial charge in [0.1, 0.15) is 11.6 Å². The quantitative estimate of drug-likeness (QED) is 0.728. The topological polar surface area (TPSA) is 42.7 Å². The minimum atomic E-state index is 0.772. The zero-order valence-electron chi connectivity index (χ0n) is 11.5. The molecule has 1 aromatic carbocycles. The van der Waals surface area contributed by atoms with E-state index in [0.29, 0.717) is 0 Å². The van der Waals surface area contributed by atoms with Crippen LogP contribution in [0.4, 0.5) is 5.82 Å². The molecule has 0 aliphatic rings. The Morgan fingerprint density at radius 1 is 1.25 bits per heavy atom. The zero-order valence-corrected chi connectivity index (χ0v) is 11.5. The van der Waals surface area contributed by atoms with Gasteiger partial charge in [-0.15, -0.1) is 0 Å². The van der Waals surface area contributed by atoms with Gasteiger partial charge in [0.05, 0.1) is 13.3 Å². The van der Waals surface area contributed by atoms with Crippen LogP contribution in [0.15, 0.2) is 48.8 Å². The maximum Gasteiger partial charge on any atom is 0.157 e. The van der Waals surface area contributed by atoms with Gasteiger partial charge in [0, 0.05) is 25.9 Å². The van der Waals surface area contributed by atoms with Crippen molar-refractivity contribution < 1.29 is 4.74 Å². The lowest BCUT2D eigenvalue weighted by Crippen LogP contribution is -2.18. The van der Waals surface area contributed by atoms with Gasteiger partial charge in [-0.2, -0.15) is 5.10 Å². The van der Waals surface area contributed by atoms with Crippen LogP contribution >= 0.6 is 0 Å². The van der Waals surface area contributed by atoms with E-state index in [1.165, 1.54) is 5.56 Å². The van der Waals surface area contributed by atoms with Crippen LogP contribution in [0.1, 0.15) is 5.56 Å². The predicted molar refractivity (Wildman–Crippen MR) is 78.1 cm³/mol. The first kappa shape index (κ1) is 12.5. The first-order chi connectivity index (χ1) is 9.76. The Morgan fingerprint density at radius 2 is 2.15 bits per heavy atom. The summed E-state index contributed by atoms with van der Waals surface area (Å²) in [7, 11) is 3.70. The second-order valence-electron chi connectivity index (χ2n) is 4.63. The van der Waals surface area contributed by atoms with Gasteiger partial charge in [0.2, 0.25) is 0 Å². The van der Waals surface area contributed by atoms with Crippen molar-refractivity contribution in [2.24, 2.45) is 0 Å². The summed E-state index contributed by atoms with van der Waals surface area (Å²) in [6, 6.07) is 11.9. The molecular weight excluding hydrogens is 252 g/mol. The highest BCUT2D eigenvalue weighted by Crippen LogP contribution is 2.17. The highest BCUT2D eigenvalue weighted by atomic mass is 16.5. The van der Waals surface area contributed by atoms with Crippen LogP contribution in [-0.2, 0) is 6.54 Å². The molecule has 0 radical (unpaired) electrons. The molecule has 3 aromatic rings. The van der Waals surface area contributed by atoms with Crippen LogP contribution in [0.5, 0.6) is 5.75 Å². The Hall–Kier alpha value is -2.56. The molecule has 0 atom stereocenters. The van der Waals surface area contributed by atoms with Gasteiger partial charge in [0.15, 0.2) is 5.65 Å². The maximum atomic E-state index is 5.24. The van der Waals surface area contributed by atoms with Crippen LogP contribution in [0.2, 0.25) is 0 Å². The zero-order chi connectivity index (χ0) is 13.9. The molecule has 5 nitrogen and oxygen atoms in total. The molecule has 3 rings (SSSR count). The predicted octanol–water partition coefficient (Wildman–Crippen LogP) is 2.37. The van der Waals surface area contributed by atoms with Gasteiger partial charge in [-0.1, -0.05) is 12.1 Å². The Bertz CT molecular complexity index is 722. The smallest absolute Gasteiger partial charge is 0.157 e. The molecule has 0 fully saturated rings. The minimum Gasteiger partial charge on any atom is -0.497 e. The molecule has 0 aliphatic carbocycles. The van der Waals surface area contributed by atoms with Gasteiger partial charge in [-0.25, -0.2) is 9.50 Å². The molecule has 5 heteroatoms. The number of nitrogens with zero attached hydrogens (tertiary/aromatic N) is 4. The molecule has 0 aliphatic heterocycles. The summed E-state index contributed by atoms with van der Waals surface area (Å²) in [5.41, 5.74) is 2.03. The number of hydrogen-bond acceptors (Lipinski definition) is 4. The molecule has 0 bridgehead atoms. The minimum absolute atomic E-state index is 0.772. The van der Waals surface area contributed by atoms with Crippen molar-refractivity contribution in [2.45, 2.75) is 6.54 Å². The number of fused-ring (bicyclic) bond motifs is 1. The molecule has 0 amide bonds. The van der Waals surface area contributed by atoms with E-state index in [2.05, 4.69) is 21.0 Å². The largest absolute Gasteiger partial charge is 0.497 e. The Morgan fingerprint density at radius 3 is 3.00 bits per heavy atom. The second-order valence-corrected chi connectivity index (χ2v) is 4.63. The van der Waals surface area contributed by atoms with E-state index < -0.39 is 0 Å². The number of rotatable bonds is 4. The van der Waals surface area contributed by atoms with Gasteiger partial charge in [-0.05, 0) is 23.8 Å². The standard InChI is InChI=1S/C15H16N4O/c1-18(11-12-4-3-5-13(10-12)20-2)14-7-9-19-15(17-14)6-8-16-19/h3-10H,11H2,1-2H3.